The summed E-state index contributed by atoms with van der Waals surface area (Å²) in [6, 6.07) is 11.0. The van der Waals surface area contributed by atoms with Crippen LogP contribution in [0, 0.1) is 0 Å². The molecule has 0 aliphatic carbocycles. The highest BCUT2D eigenvalue weighted by atomic mass is 35.5. The maximum absolute atomic E-state index is 11.6. The van der Waals surface area contributed by atoms with Crippen LogP contribution in [-0.4, -0.2) is 49.3 Å². The average molecular weight is 312 g/mol. The van der Waals surface area contributed by atoms with Crippen LogP contribution in [-0.2, 0) is 11.3 Å². The van der Waals surface area contributed by atoms with E-state index >= 15 is 0 Å². The summed E-state index contributed by atoms with van der Waals surface area (Å²) in [6.45, 7) is 4.07. The Morgan fingerprint density at radius 1 is 1.38 bits per heavy atom. The normalized spacial score (nSPS) is 23.6. The first-order valence-electron chi connectivity index (χ1n) is 7.23. The number of amides is 1. The van der Waals surface area contributed by atoms with Crippen molar-refractivity contribution in [2.45, 2.75) is 25.1 Å². The van der Waals surface area contributed by atoms with Gasteiger partial charge in [0, 0.05) is 38.3 Å². The number of halogens is 1. The molecule has 2 saturated heterocycles. The van der Waals surface area contributed by atoms with Gasteiger partial charge in [-0.05, 0) is 12.0 Å². The topological polar surface area (TPSA) is 53.6 Å². The lowest BCUT2D eigenvalue weighted by atomic mass is 10.2. The molecule has 2 aliphatic rings. The molecule has 0 saturated carbocycles. The van der Waals surface area contributed by atoms with Crippen molar-refractivity contribution in [2.24, 2.45) is 0 Å². The lowest BCUT2D eigenvalue weighted by molar-refractivity contribution is 0.137. The molecule has 0 unspecified atom stereocenters. The second kappa shape index (κ2) is 7.64. The van der Waals surface area contributed by atoms with Gasteiger partial charge < -0.3 is 15.4 Å². The van der Waals surface area contributed by atoms with Crippen molar-refractivity contribution in [3.05, 3.63) is 35.9 Å². The predicted octanol–water partition coefficient (Wildman–Crippen LogP) is 1.38. The number of carbonyl (C=O) groups excluding carboxylic acids is 1. The van der Waals surface area contributed by atoms with Crippen molar-refractivity contribution < 1.29 is 9.53 Å². The number of hydrogen-bond acceptors (Lipinski definition) is 4. The van der Waals surface area contributed by atoms with Crippen molar-refractivity contribution in [1.82, 2.24) is 15.5 Å². The minimum Gasteiger partial charge on any atom is -0.445 e. The molecule has 2 atom stereocenters. The Labute approximate surface area is 131 Å². The second-order valence-electron chi connectivity index (χ2n) is 5.48. The van der Waals surface area contributed by atoms with E-state index in [-0.39, 0.29) is 18.5 Å². The number of likely N-dealkylation sites (tertiary alicyclic amines) is 1. The summed E-state index contributed by atoms with van der Waals surface area (Å²) in [4.78, 5) is 14.0. The molecule has 0 aromatic heterocycles. The molecule has 5 nitrogen and oxygen atoms in total. The first-order chi connectivity index (χ1) is 9.81. The molecule has 6 heteroatoms. The highest BCUT2D eigenvalue weighted by Gasteiger charge is 2.36. The fourth-order valence-electron chi connectivity index (χ4n) is 3.00. The highest BCUT2D eigenvalue weighted by Crippen LogP contribution is 2.22. The molecule has 2 N–H and O–H groups in total. The van der Waals surface area contributed by atoms with Crippen molar-refractivity contribution >= 4 is 18.5 Å². The lowest BCUT2D eigenvalue weighted by Gasteiger charge is -2.27. The summed E-state index contributed by atoms with van der Waals surface area (Å²) < 4.78 is 5.17. The first kappa shape index (κ1) is 16.1. The predicted molar refractivity (Wildman–Crippen MR) is 83.6 cm³/mol. The Morgan fingerprint density at radius 2 is 2.19 bits per heavy atom. The number of alkyl carbamates (subject to hydrolysis) is 1. The Balaban J connectivity index is 0.00000161. The minimum absolute atomic E-state index is 0. The SMILES string of the molecule is Cl.O=C(NCCN1C[C@@H]2C[C@H]1CN2)OCc1ccccc1. The largest absolute Gasteiger partial charge is 0.445 e. The quantitative estimate of drug-likeness (QED) is 0.862. The molecule has 0 radical (unpaired) electrons. The van der Waals surface area contributed by atoms with Gasteiger partial charge in [0.15, 0.2) is 0 Å². The fraction of sp³-hybridized carbons (Fsp3) is 0.533. The van der Waals surface area contributed by atoms with Gasteiger partial charge in [0.25, 0.3) is 0 Å². The number of benzene rings is 1. The van der Waals surface area contributed by atoms with Gasteiger partial charge in [-0.3, -0.25) is 4.90 Å². The number of hydrogen-bond donors (Lipinski definition) is 2. The van der Waals surface area contributed by atoms with E-state index in [1.165, 1.54) is 6.42 Å². The molecule has 1 amide bonds. The molecule has 2 bridgehead atoms. The Morgan fingerprint density at radius 3 is 2.86 bits per heavy atom. The molecular formula is C15H22ClN3O2. The first-order valence-corrected chi connectivity index (χ1v) is 7.23. The molecular weight excluding hydrogens is 290 g/mol. The zero-order chi connectivity index (χ0) is 13.8. The molecule has 2 fully saturated rings. The van der Waals surface area contributed by atoms with Crippen LogP contribution in [0.1, 0.15) is 12.0 Å². The van der Waals surface area contributed by atoms with E-state index in [1.54, 1.807) is 0 Å². The molecule has 3 rings (SSSR count). The zero-order valence-corrected chi connectivity index (χ0v) is 12.8. The van der Waals surface area contributed by atoms with Crippen LogP contribution in [0.5, 0.6) is 0 Å². The standard InChI is InChI=1S/C15H21N3O2.ClH/c19-15(20-11-12-4-2-1-3-5-12)16-6-7-18-10-13-8-14(18)9-17-13;/h1-5,13-14,17H,6-11H2,(H,16,19);1H/t13-,14-;/m0./s1. The van der Waals surface area contributed by atoms with Gasteiger partial charge in [-0.15, -0.1) is 12.4 Å². The number of nitrogens with zero attached hydrogens (tertiary/aromatic N) is 1. The number of ether oxygens (including phenoxy) is 1. The second-order valence-corrected chi connectivity index (χ2v) is 5.48. The van der Waals surface area contributed by atoms with Gasteiger partial charge >= 0.3 is 6.09 Å². The summed E-state index contributed by atoms with van der Waals surface area (Å²) in [5, 5.41) is 6.29. The molecule has 0 spiro atoms. The summed E-state index contributed by atoms with van der Waals surface area (Å²) in [5.74, 6) is 0. The van der Waals surface area contributed by atoms with Gasteiger partial charge in [0.1, 0.15) is 6.61 Å². The monoisotopic (exact) mass is 311 g/mol. The van der Waals surface area contributed by atoms with E-state index in [2.05, 4.69) is 15.5 Å². The van der Waals surface area contributed by atoms with E-state index in [0.29, 0.717) is 25.2 Å². The van der Waals surface area contributed by atoms with Crippen LogP contribution in [0.4, 0.5) is 4.79 Å². The third kappa shape index (κ3) is 4.33. The highest BCUT2D eigenvalue weighted by molar-refractivity contribution is 5.85. The van der Waals surface area contributed by atoms with E-state index in [9.17, 15) is 4.79 Å². The number of fused-ring (bicyclic) bond motifs is 2. The van der Waals surface area contributed by atoms with Crippen molar-refractivity contribution in [3.63, 3.8) is 0 Å². The Bertz CT molecular complexity index is 457. The van der Waals surface area contributed by atoms with Gasteiger partial charge in [-0.25, -0.2) is 4.79 Å². The number of piperazine rings is 1. The zero-order valence-electron chi connectivity index (χ0n) is 12.0. The van der Waals surface area contributed by atoms with Gasteiger partial charge in [0.05, 0.1) is 0 Å². The van der Waals surface area contributed by atoms with Crippen molar-refractivity contribution in [2.75, 3.05) is 26.2 Å². The number of carbonyl (C=O) groups is 1. The third-order valence-corrected chi connectivity index (χ3v) is 4.05. The van der Waals surface area contributed by atoms with Crippen molar-refractivity contribution in [1.29, 1.82) is 0 Å². The third-order valence-electron chi connectivity index (χ3n) is 4.05. The molecule has 116 valence electrons. The minimum atomic E-state index is -0.337. The summed E-state index contributed by atoms with van der Waals surface area (Å²) in [6.07, 6.45) is 0.912. The summed E-state index contributed by atoms with van der Waals surface area (Å²) in [7, 11) is 0. The van der Waals surface area contributed by atoms with E-state index in [1.807, 2.05) is 30.3 Å². The fourth-order valence-corrected chi connectivity index (χ4v) is 3.00. The van der Waals surface area contributed by atoms with Gasteiger partial charge in [0.2, 0.25) is 0 Å². The maximum Gasteiger partial charge on any atom is 0.407 e. The van der Waals surface area contributed by atoms with Crippen LogP contribution < -0.4 is 10.6 Å². The molecule has 1 aromatic rings. The van der Waals surface area contributed by atoms with Crippen molar-refractivity contribution in [3.8, 4) is 0 Å². The maximum atomic E-state index is 11.6. The summed E-state index contributed by atoms with van der Waals surface area (Å²) >= 11 is 0. The Hall–Kier alpha value is -1.30. The molecule has 2 aliphatic heterocycles. The average Bonchev–Trinajstić information content (AvgIpc) is 3.09. The van der Waals surface area contributed by atoms with E-state index in [4.69, 9.17) is 4.74 Å². The van der Waals surface area contributed by atoms with Crippen LogP contribution in [0.2, 0.25) is 0 Å². The number of nitrogens with one attached hydrogen (secondary N) is 2. The van der Waals surface area contributed by atoms with Gasteiger partial charge in [-0.2, -0.15) is 0 Å². The van der Waals surface area contributed by atoms with Crippen LogP contribution in [0.15, 0.2) is 30.3 Å². The summed E-state index contributed by atoms with van der Waals surface area (Å²) in [5.41, 5.74) is 1.01. The van der Waals surface area contributed by atoms with Crippen LogP contribution in [0.3, 0.4) is 0 Å². The smallest absolute Gasteiger partial charge is 0.407 e. The van der Waals surface area contributed by atoms with Crippen LogP contribution >= 0.6 is 12.4 Å². The lowest BCUT2D eigenvalue weighted by Crippen LogP contribution is -2.46. The molecule has 21 heavy (non-hydrogen) atoms. The van der Waals surface area contributed by atoms with Crippen LogP contribution in [0.25, 0.3) is 0 Å². The van der Waals surface area contributed by atoms with Gasteiger partial charge in [-0.1, -0.05) is 30.3 Å². The molecule has 2 heterocycles. The number of rotatable bonds is 5. The molecule has 1 aromatic carbocycles. The Kier molecular flexibility index (Phi) is 5.85. The van der Waals surface area contributed by atoms with E-state index in [0.717, 1.165) is 25.2 Å². The van der Waals surface area contributed by atoms with E-state index < -0.39 is 0 Å².